The Bertz CT molecular complexity index is 726. The predicted molar refractivity (Wildman–Crippen MR) is 94.3 cm³/mol. The van der Waals surface area contributed by atoms with Crippen LogP contribution < -0.4 is 5.73 Å². The first-order chi connectivity index (χ1) is 11.7. The Morgan fingerprint density at radius 3 is 2.00 bits per heavy atom. The normalized spacial score (nSPS) is 19.9. The second-order valence-electron chi connectivity index (χ2n) is 6.63. The van der Waals surface area contributed by atoms with E-state index in [1.54, 1.807) is 4.90 Å². The predicted octanol–water partition coefficient (Wildman–Crippen LogP) is 2.89. The fraction of sp³-hybridized carbons (Fsp3) is 0.300. The molecule has 4 rings (SSSR count). The van der Waals surface area contributed by atoms with Crippen LogP contribution in [0.1, 0.15) is 30.4 Å². The molecule has 0 saturated heterocycles. The summed E-state index contributed by atoms with van der Waals surface area (Å²) < 4.78 is 0. The van der Waals surface area contributed by atoms with E-state index in [1.807, 2.05) is 60.7 Å². The summed E-state index contributed by atoms with van der Waals surface area (Å²) in [6, 6.07) is 19.5. The van der Waals surface area contributed by atoms with E-state index in [4.69, 9.17) is 10.7 Å². The summed E-state index contributed by atoms with van der Waals surface area (Å²) in [5, 5.41) is 0. The molecular weight excluding hydrogens is 298 g/mol. The van der Waals surface area contributed by atoms with Crippen molar-refractivity contribution in [2.75, 3.05) is 6.54 Å². The molecule has 1 aliphatic carbocycles. The van der Waals surface area contributed by atoms with E-state index in [1.165, 1.54) is 19.3 Å². The Labute approximate surface area is 142 Å². The van der Waals surface area contributed by atoms with Crippen LogP contribution in [0.4, 0.5) is 0 Å². The summed E-state index contributed by atoms with van der Waals surface area (Å²) in [6.07, 6.45) is 3.58. The van der Waals surface area contributed by atoms with Gasteiger partial charge in [0.1, 0.15) is 0 Å². The van der Waals surface area contributed by atoms with Gasteiger partial charge >= 0.3 is 0 Å². The van der Waals surface area contributed by atoms with Crippen LogP contribution in [0.25, 0.3) is 0 Å². The third-order valence-corrected chi connectivity index (χ3v) is 5.16. The SMILES string of the molecule is NC1=NC(c2ccccc2)(c2ccccc2)C(=O)N1CC1CCC1. The largest absolute Gasteiger partial charge is 0.369 e. The lowest BCUT2D eigenvalue weighted by Crippen LogP contribution is -2.46. The number of carbonyl (C=O) groups is 1. The summed E-state index contributed by atoms with van der Waals surface area (Å²) >= 11 is 0. The van der Waals surface area contributed by atoms with Crippen molar-refractivity contribution in [3.63, 3.8) is 0 Å². The highest BCUT2D eigenvalue weighted by Gasteiger charge is 2.50. The van der Waals surface area contributed by atoms with Gasteiger partial charge in [-0.2, -0.15) is 0 Å². The van der Waals surface area contributed by atoms with Gasteiger partial charge in [-0.05, 0) is 29.9 Å². The molecule has 2 N–H and O–H groups in total. The van der Waals surface area contributed by atoms with Gasteiger partial charge in [-0.15, -0.1) is 0 Å². The molecule has 122 valence electrons. The Kier molecular flexibility index (Phi) is 3.60. The first kappa shape index (κ1) is 14.9. The number of rotatable bonds is 4. The molecule has 1 aliphatic heterocycles. The molecule has 0 spiro atoms. The van der Waals surface area contributed by atoms with Crippen LogP contribution in [0, 0.1) is 5.92 Å². The topological polar surface area (TPSA) is 58.7 Å². The highest BCUT2D eigenvalue weighted by atomic mass is 16.2. The molecule has 2 aromatic carbocycles. The van der Waals surface area contributed by atoms with Crippen molar-refractivity contribution in [1.82, 2.24) is 4.90 Å². The minimum atomic E-state index is -1.06. The number of nitrogens with zero attached hydrogens (tertiary/aromatic N) is 2. The molecule has 1 fully saturated rings. The molecule has 0 unspecified atom stereocenters. The van der Waals surface area contributed by atoms with Crippen LogP contribution >= 0.6 is 0 Å². The lowest BCUT2D eigenvalue weighted by Gasteiger charge is -2.32. The summed E-state index contributed by atoms with van der Waals surface area (Å²) in [5.74, 6) is 0.842. The Morgan fingerprint density at radius 2 is 1.54 bits per heavy atom. The van der Waals surface area contributed by atoms with E-state index < -0.39 is 5.54 Å². The van der Waals surface area contributed by atoms with Gasteiger partial charge in [0.05, 0.1) is 0 Å². The zero-order valence-electron chi connectivity index (χ0n) is 13.6. The maximum absolute atomic E-state index is 13.4. The van der Waals surface area contributed by atoms with Crippen molar-refractivity contribution < 1.29 is 4.79 Å². The molecule has 1 saturated carbocycles. The first-order valence-electron chi connectivity index (χ1n) is 8.50. The lowest BCUT2D eigenvalue weighted by molar-refractivity contribution is -0.130. The summed E-state index contributed by atoms with van der Waals surface area (Å²) in [5.41, 5.74) is 6.87. The molecule has 1 amide bonds. The molecule has 0 bridgehead atoms. The molecule has 2 aliphatic rings. The Morgan fingerprint density at radius 1 is 1.00 bits per heavy atom. The molecule has 24 heavy (non-hydrogen) atoms. The van der Waals surface area contributed by atoms with Crippen LogP contribution in [0.2, 0.25) is 0 Å². The maximum atomic E-state index is 13.4. The monoisotopic (exact) mass is 319 g/mol. The van der Waals surface area contributed by atoms with E-state index in [2.05, 4.69) is 0 Å². The molecular formula is C20H21N3O. The van der Waals surface area contributed by atoms with Gasteiger partial charge in [-0.3, -0.25) is 9.69 Å². The highest BCUT2D eigenvalue weighted by molar-refractivity contribution is 6.09. The van der Waals surface area contributed by atoms with Crippen molar-refractivity contribution in [2.45, 2.75) is 24.8 Å². The van der Waals surface area contributed by atoms with Crippen molar-refractivity contribution in [3.05, 3.63) is 71.8 Å². The van der Waals surface area contributed by atoms with Crippen molar-refractivity contribution in [2.24, 2.45) is 16.6 Å². The molecule has 0 atom stereocenters. The van der Waals surface area contributed by atoms with Crippen LogP contribution in [0.3, 0.4) is 0 Å². The molecule has 1 heterocycles. The molecule has 4 heteroatoms. The third kappa shape index (κ3) is 2.21. The van der Waals surface area contributed by atoms with E-state index >= 15 is 0 Å². The average Bonchev–Trinajstić information content (AvgIpc) is 2.84. The minimum absolute atomic E-state index is 0.0377. The minimum Gasteiger partial charge on any atom is -0.369 e. The van der Waals surface area contributed by atoms with E-state index in [0.717, 1.165) is 11.1 Å². The van der Waals surface area contributed by atoms with Crippen LogP contribution in [0.15, 0.2) is 65.7 Å². The molecule has 0 radical (unpaired) electrons. The highest BCUT2D eigenvalue weighted by Crippen LogP contribution is 2.40. The molecule has 0 aromatic heterocycles. The van der Waals surface area contributed by atoms with Crippen LogP contribution in [-0.4, -0.2) is 23.3 Å². The first-order valence-corrected chi connectivity index (χ1v) is 8.50. The van der Waals surface area contributed by atoms with Crippen molar-refractivity contribution >= 4 is 11.9 Å². The van der Waals surface area contributed by atoms with E-state index in [-0.39, 0.29) is 5.91 Å². The average molecular weight is 319 g/mol. The van der Waals surface area contributed by atoms with Crippen LogP contribution in [0.5, 0.6) is 0 Å². The van der Waals surface area contributed by atoms with Gasteiger partial charge in [0.25, 0.3) is 5.91 Å². The molecule has 4 nitrogen and oxygen atoms in total. The number of amides is 1. The summed E-state index contributed by atoms with van der Waals surface area (Å²) in [4.78, 5) is 19.8. The number of nitrogens with two attached hydrogens (primary N) is 1. The van der Waals surface area contributed by atoms with Gasteiger partial charge in [0.2, 0.25) is 0 Å². The number of carbonyl (C=O) groups excluding carboxylic acids is 1. The third-order valence-electron chi connectivity index (χ3n) is 5.16. The summed E-state index contributed by atoms with van der Waals surface area (Å²) in [7, 11) is 0. The molecule has 2 aromatic rings. The number of hydrogen-bond acceptors (Lipinski definition) is 3. The van der Waals surface area contributed by atoms with E-state index in [9.17, 15) is 4.79 Å². The zero-order chi connectivity index (χ0) is 16.6. The smallest absolute Gasteiger partial charge is 0.266 e. The number of aliphatic imine (C=N–C) groups is 1. The number of hydrogen-bond donors (Lipinski definition) is 1. The number of benzene rings is 2. The van der Waals surface area contributed by atoms with Crippen LogP contribution in [-0.2, 0) is 10.3 Å². The van der Waals surface area contributed by atoms with E-state index in [0.29, 0.717) is 18.4 Å². The maximum Gasteiger partial charge on any atom is 0.266 e. The second kappa shape index (κ2) is 5.78. The van der Waals surface area contributed by atoms with Gasteiger partial charge < -0.3 is 5.73 Å². The van der Waals surface area contributed by atoms with Crippen molar-refractivity contribution in [3.8, 4) is 0 Å². The lowest BCUT2D eigenvalue weighted by atomic mass is 9.82. The van der Waals surface area contributed by atoms with Gasteiger partial charge in [-0.1, -0.05) is 67.1 Å². The fourth-order valence-corrected chi connectivity index (χ4v) is 3.59. The van der Waals surface area contributed by atoms with Crippen molar-refractivity contribution in [1.29, 1.82) is 0 Å². The van der Waals surface area contributed by atoms with Gasteiger partial charge in [-0.25, -0.2) is 4.99 Å². The second-order valence-corrected chi connectivity index (χ2v) is 6.63. The Hall–Kier alpha value is -2.62. The Balaban J connectivity index is 1.81. The zero-order valence-corrected chi connectivity index (χ0v) is 13.6. The fourth-order valence-electron chi connectivity index (χ4n) is 3.59. The van der Waals surface area contributed by atoms with Gasteiger partial charge in [0, 0.05) is 6.54 Å². The standard InChI is InChI=1S/C20H21N3O/c21-19-22-20(16-10-3-1-4-11-16,17-12-5-2-6-13-17)18(24)23(19)14-15-8-7-9-15/h1-6,10-13,15H,7-9,14H2,(H2,21,22). The number of guanidine groups is 1. The summed E-state index contributed by atoms with van der Waals surface area (Å²) in [6.45, 7) is 0.676. The van der Waals surface area contributed by atoms with Gasteiger partial charge in [0.15, 0.2) is 11.5 Å². The quantitative estimate of drug-likeness (QED) is 0.942.